The van der Waals surface area contributed by atoms with Crippen molar-refractivity contribution in [2.24, 2.45) is 0 Å². The van der Waals surface area contributed by atoms with Gasteiger partial charge in [-0.1, -0.05) is 24.3 Å². The molecule has 0 bridgehead atoms. The molecule has 5 aromatic rings. The molecule has 40 heavy (non-hydrogen) atoms. The number of aromatic amines is 1. The highest BCUT2D eigenvalue weighted by Crippen LogP contribution is 2.34. The van der Waals surface area contributed by atoms with Crippen LogP contribution in [0.25, 0.3) is 22.3 Å². The molecular formula is C29H28FN7O3. The Labute approximate surface area is 229 Å². The Morgan fingerprint density at radius 3 is 2.55 bits per heavy atom. The van der Waals surface area contributed by atoms with E-state index in [1.165, 1.54) is 41.3 Å². The maximum Gasteiger partial charge on any atom is 0.251 e. The topological polar surface area (TPSA) is 129 Å². The summed E-state index contributed by atoms with van der Waals surface area (Å²) in [5.74, 6) is -1.18. The van der Waals surface area contributed by atoms with E-state index in [0.717, 1.165) is 15.7 Å². The summed E-state index contributed by atoms with van der Waals surface area (Å²) in [7, 11) is 0. The number of rotatable bonds is 7. The molecule has 2 heterocycles. The van der Waals surface area contributed by atoms with Crippen molar-refractivity contribution in [2.45, 2.75) is 38.9 Å². The van der Waals surface area contributed by atoms with Gasteiger partial charge in [0.15, 0.2) is 0 Å². The minimum absolute atomic E-state index is 0.0679. The Kier molecular flexibility index (Phi) is 7.03. The smallest absolute Gasteiger partial charge is 0.251 e. The molecule has 0 aliphatic carbocycles. The first-order valence-corrected chi connectivity index (χ1v) is 12.6. The van der Waals surface area contributed by atoms with Gasteiger partial charge in [-0.2, -0.15) is 4.80 Å². The largest absolute Gasteiger partial charge is 0.508 e. The number of amides is 2. The van der Waals surface area contributed by atoms with Crippen LogP contribution in [0.15, 0.2) is 79.0 Å². The van der Waals surface area contributed by atoms with Crippen molar-refractivity contribution in [1.29, 1.82) is 0 Å². The van der Waals surface area contributed by atoms with E-state index in [9.17, 15) is 19.1 Å². The van der Waals surface area contributed by atoms with Gasteiger partial charge in [-0.15, -0.1) is 10.2 Å². The van der Waals surface area contributed by atoms with Gasteiger partial charge >= 0.3 is 0 Å². The number of para-hydroxylation sites is 1. The Morgan fingerprint density at radius 1 is 1.07 bits per heavy atom. The first kappa shape index (κ1) is 26.5. The molecule has 0 aliphatic rings. The van der Waals surface area contributed by atoms with Crippen molar-refractivity contribution in [1.82, 2.24) is 30.5 Å². The lowest BCUT2D eigenvalue weighted by Crippen LogP contribution is -2.50. The summed E-state index contributed by atoms with van der Waals surface area (Å²) in [5, 5.41) is 26.3. The number of hydrogen-bond donors (Lipinski definition) is 3. The third-order valence-corrected chi connectivity index (χ3v) is 6.13. The van der Waals surface area contributed by atoms with Gasteiger partial charge in [0.1, 0.15) is 24.2 Å². The minimum atomic E-state index is -1.11. The van der Waals surface area contributed by atoms with E-state index in [-0.39, 0.29) is 18.1 Å². The first-order chi connectivity index (χ1) is 19.1. The fourth-order valence-electron chi connectivity index (χ4n) is 4.46. The van der Waals surface area contributed by atoms with Gasteiger partial charge in [0, 0.05) is 45.5 Å². The van der Waals surface area contributed by atoms with Crippen molar-refractivity contribution in [2.75, 3.05) is 4.90 Å². The maximum atomic E-state index is 14.0. The lowest BCUT2D eigenvalue weighted by molar-refractivity contribution is -0.128. The minimum Gasteiger partial charge on any atom is -0.508 e. The van der Waals surface area contributed by atoms with Crippen molar-refractivity contribution in [3.63, 3.8) is 0 Å². The summed E-state index contributed by atoms with van der Waals surface area (Å²) in [6, 6.07) is 18.1. The zero-order chi connectivity index (χ0) is 28.4. The highest BCUT2D eigenvalue weighted by molar-refractivity contribution is 6.03. The summed E-state index contributed by atoms with van der Waals surface area (Å²) in [6.07, 6.45) is 1.71. The lowest BCUT2D eigenvalue weighted by atomic mass is 10.00. The van der Waals surface area contributed by atoms with E-state index in [4.69, 9.17) is 0 Å². The van der Waals surface area contributed by atoms with Crippen LogP contribution in [0.4, 0.5) is 10.1 Å². The number of nitrogens with zero attached hydrogens (tertiary/aromatic N) is 5. The molecule has 0 saturated carbocycles. The average molecular weight is 542 g/mol. The number of carbonyl (C=O) groups excluding carboxylic acids is 2. The number of tetrazole rings is 1. The van der Waals surface area contributed by atoms with Crippen LogP contribution in [-0.4, -0.2) is 47.7 Å². The second-order valence-electron chi connectivity index (χ2n) is 10.4. The molecule has 10 nitrogen and oxygen atoms in total. The van der Waals surface area contributed by atoms with E-state index in [1.807, 2.05) is 45.0 Å². The number of phenolic OH excluding ortho intramolecular Hbond substituents is 1. The fourth-order valence-corrected chi connectivity index (χ4v) is 4.46. The Bertz CT molecular complexity index is 1670. The van der Waals surface area contributed by atoms with E-state index in [0.29, 0.717) is 16.8 Å². The lowest BCUT2D eigenvalue weighted by Gasteiger charge is -2.33. The van der Waals surface area contributed by atoms with Gasteiger partial charge in [0.25, 0.3) is 5.91 Å². The van der Waals surface area contributed by atoms with Crippen molar-refractivity contribution >= 4 is 28.4 Å². The number of aromatic hydroxyl groups is 1. The molecule has 0 spiro atoms. The van der Waals surface area contributed by atoms with Crippen LogP contribution in [-0.2, 0) is 16.1 Å². The van der Waals surface area contributed by atoms with Crippen LogP contribution >= 0.6 is 0 Å². The maximum absolute atomic E-state index is 14.0. The number of halogens is 1. The molecule has 11 heteroatoms. The van der Waals surface area contributed by atoms with Crippen LogP contribution in [0.3, 0.4) is 0 Å². The SMILES string of the molecule is CC(C)(C)NC(=O)[C@H](c1c[nH]c2ccccc12)N(C(=O)Cn1nnc(-c2ccc(F)cc2)n1)c1cccc(O)c1. The van der Waals surface area contributed by atoms with Crippen LogP contribution in [0.2, 0.25) is 0 Å². The van der Waals surface area contributed by atoms with Gasteiger partial charge < -0.3 is 15.4 Å². The number of aromatic nitrogens is 5. The van der Waals surface area contributed by atoms with Crippen molar-refractivity contribution < 1.29 is 19.1 Å². The molecule has 0 unspecified atom stereocenters. The molecule has 3 aromatic carbocycles. The predicted octanol–water partition coefficient (Wildman–Crippen LogP) is 4.36. The van der Waals surface area contributed by atoms with Crippen LogP contribution in [0, 0.1) is 5.82 Å². The first-order valence-electron chi connectivity index (χ1n) is 12.6. The van der Waals surface area contributed by atoms with Gasteiger partial charge in [-0.3, -0.25) is 14.5 Å². The summed E-state index contributed by atoms with van der Waals surface area (Å²) in [5.41, 5.74) is 1.63. The Morgan fingerprint density at radius 2 is 1.82 bits per heavy atom. The second kappa shape index (κ2) is 10.6. The molecule has 0 radical (unpaired) electrons. The molecule has 204 valence electrons. The van der Waals surface area contributed by atoms with Crippen molar-refractivity contribution in [3.8, 4) is 17.1 Å². The summed E-state index contributed by atoms with van der Waals surface area (Å²) >= 11 is 0. The predicted molar refractivity (Wildman–Crippen MR) is 148 cm³/mol. The van der Waals surface area contributed by atoms with Gasteiger partial charge in [-0.25, -0.2) is 4.39 Å². The molecule has 3 N–H and O–H groups in total. The number of H-pyrrole nitrogens is 1. The number of anilines is 1. The quantitative estimate of drug-likeness (QED) is 0.281. The average Bonchev–Trinajstić information content (AvgIpc) is 3.54. The zero-order valence-corrected chi connectivity index (χ0v) is 22.2. The highest BCUT2D eigenvalue weighted by atomic mass is 19.1. The van der Waals surface area contributed by atoms with E-state index < -0.39 is 29.2 Å². The summed E-state index contributed by atoms with van der Waals surface area (Å²) < 4.78 is 13.4. The van der Waals surface area contributed by atoms with Crippen molar-refractivity contribution in [3.05, 3.63) is 90.4 Å². The highest BCUT2D eigenvalue weighted by Gasteiger charge is 2.36. The number of fused-ring (bicyclic) bond motifs is 1. The van der Waals surface area contributed by atoms with Gasteiger partial charge in [0.2, 0.25) is 11.7 Å². The van der Waals surface area contributed by atoms with Crippen LogP contribution in [0.1, 0.15) is 32.4 Å². The third-order valence-electron chi connectivity index (χ3n) is 6.13. The van der Waals surface area contributed by atoms with Crippen LogP contribution in [0.5, 0.6) is 5.75 Å². The number of carbonyl (C=O) groups is 2. The Balaban J connectivity index is 1.58. The molecule has 0 fully saturated rings. The molecule has 2 amide bonds. The summed E-state index contributed by atoms with van der Waals surface area (Å²) in [4.78, 5) is 33.6. The third kappa shape index (κ3) is 5.68. The standard InChI is InChI=1S/C29H28FN7O3/c1-29(2,3)32-28(40)26(23-16-31-24-10-5-4-9-22(23)24)37(20-7-6-8-21(38)15-20)25(39)17-36-34-27(33-35-36)18-11-13-19(30)14-12-18/h4-16,26,31,38H,17H2,1-3H3,(H,32,40)/t26-/m0/s1. The number of nitrogens with one attached hydrogen (secondary N) is 2. The Hall–Kier alpha value is -5.06. The zero-order valence-electron chi connectivity index (χ0n) is 22.2. The molecule has 5 rings (SSSR count). The van der Waals surface area contributed by atoms with E-state index in [2.05, 4.69) is 25.7 Å². The molecule has 1 atom stereocenters. The van der Waals surface area contributed by atoms with Gasteiger partial charge in [0.05, 0.1) is 0 Å². The van der Waals surface area contributed by atoms with Gasteiger partial charge in [-0.05, 0) is 68.4 Å². The van der Waals surface area contributed by atoms with Crippen LogP contribution < -0.4 is 10.2 Å². The summed E-state index contributed by atoms with van der Waals surface area (Å²) in [6.45, 7) is 5.21. The molecule has 0 aliphatic heterocycles. The molecule has 0 saturated heterocycles. The monoisotopic (exact) mass is 541 g/mol. The second-order valence-corrected chi connectivity index (χ2v) is 10.4. The number of benzene rings is 3. The molecule has 2 aromatic heterocycles. The van der Waals surface area contributed by atoms with E-state index in [1.54, 1.807) is 18.3 Å². The normalized spacial score (nSPS) is 12.3. The molecular weight excluding hydrogens is 513 g/mol. The fraction of sp³-hybridized carbons (Fsp3) is 0.207. The number of phenols is 1. The van der Waals surface area contributed by atoms with E-state index >= 15 is 0 Å². The number of hydrogen-bond acceptors (Lipinski definition) is 6.